The predicted octanol–water partition coefficient (Wildman–Crippen LogP) is 5.04. The molecule has 132 valence electrons. The molecular formula is C21H20N2O2S. The number of ether oxygens (including phenoxy) is 1. The van der Waals surface area contributed by atoms with Crippen LogP contribution in [0.4, 0.5) is 5.69 Å². The van der Waals surface area contributed by atoms with Gasteiger partial charge in [0, 0.05) is 23.7 Å². The SMILES string of the molecule is C#CCCCCOc1cccc(NC(=O)c2ccc3nc(C)sc3c2)c1. The summed E-state index contributed by atoms with van der Waals surface area (Å²) < 4.78 is 6.73. The number of thiazole rings is 1. The van der Waals surface area contributed by atoms with Crippen molar-refractivity contribution < 1.29 is 9.53 Å². The largest absolute Gasteiger partial charge is 0.494 e. The number of aryl methyl sites for hydroxylation is 1. The van der Waals surface area contributed by atoms with Gasteiger partial charge < -0.3 is 10.1 Å². The maximum atomic E-state index is 12.5. The zero-order valence-electron chi connectivity index (χ0n) is 14.6. The number of fused-ring (bicyclic) bond motifs is 1. The van der Waals surface area contributed by atoms with E-state index in [2.05, 4.69) is 16.2 Å². The second kappa shape index (κ2) is 8.50. The van der Waals surface area contributed by atoms with Gasteiger partial charge in [0.2, 0.25) is 0 Å². The molecule has 0 aliphatic rings. The minimum Gasteiger partial charge on any atom is -0.494 e. The number of anilines is 1. The van der Waals surface area contributed by atoms with Gasteiger partial charge in [-0.05, 0) is 50.1 Å². The van der Waals surface area contributed by atoms with Gasteiger partial charge in [0.1, 0.15) is 5.75 Å². The number of unbranched alkanes of at least 4 members (excludes halogenated alkanes) is 2. The maximum absolute atomic E-state index is 12.5. The van der Waals surface area contributed by atoms with Crippen LogP contribution in [0.2, 0.25) is 0 Å². The standard InChI is InChI=1S/C21H20N2O2S/c1-3-4-5-6-12-25-18-9-7-8-17(14-18)23-21(24)16-10-11-19-20(13-16)26-15(2)22-19/h1,7-11,13-14H,4-6,12H2,2H3,(H,23,24). The van der Waals surface area contributed by atoms with Crippen LogP contribution in [0.15, 0.2) is 42.5 Å². The lowest BCUT2D eigenvalue weighted by atomic mass is 10.2. The third-order valence-electron chi connectivity index (χ3n) is 3.83. The van der Waals surface area contributed by atoms with Gasteiger partial charge in [-0.3, -0.25) is 4.79 Å². The molecule has 1 N–H and O–H groups in total. The fraction of sp³-hybridized carbons (Fsp3) is 0.238. The summed E-state index contributed by atoms with van der Waals surface area (Å²) >= 11 is 1.58. The first kappa shape index (κ1) is 18.0. The zero-order chi connectivity index (χ0) is 18.4. The highest BCUT2D eigenvalue weighted by Gasteiger charge is 2.09. The van der Waals surface area contributed by atoms with E-state index < -0.39 is 0 Å². The van der Waals surface area contributed by atoms with Crippen LogP contribution in [-0.2, 0) is 0 Å². The number of benzene rings is 2. The molecule has 3 aromatic rings. The molecule has 2 aromatic carbocycles. The van der Waals surface area contributed by atoms with Crippen molar-refractivity contribution in [3.63, 3.8) is 0 Å². The Kier molecular flexibility index (Phi) is 5.88. The number of rotatable bonds is 7. The Morgan fingerprint density at radius 3 is 3.00 bits per heavy atom. The molecule has 0 saturated carbocycles. The molecule has 0 atom stereocenters. The highest BCUT2D eigenvalue weighted by molar-refractivity contribution is 7.18. The van der Waals surface area contributed by atoms with Crippen molar-refractivity contribution in [1.29, 1.82) is 0 Å². The van der Waals surface area contributed by atoms with E-state index in [-0.39, 0.29) is 5.91 Å². The summed E-state index contributed by atoms with van der Waals surface area (Å²) in [4.78, 5) is 16.9. The maximum Gasteiger partial charge on any atom is 0.255 e. The first-order chi connectivity index (χ1) is 12.7. The molecule has 0 saturated heterocycles. The Morgan fingerprint density at radius 1 is 1.27 bits per heavy atom. The number of carbonyl (C=O) groups is 1. The molecule has 1 aromatic heterocycles. The number of amides is 1. The van der Waals surface area contributed by atoms with Gasteiger partial charge in [0.15, 0.2) is 0 Å². The normalized spacial score (nSPS) is 10.5. The Balaban J connectivity index is 1.63. The van der Waals surface area contributed by atoms with E-state index in [0.29, 0.717) is 17.9 Å². The third-order valence-corrected chi connectivity index (χ3v) is 4.77. The van der Waals surface area contributed by atoms with E-state index in [4.69, 9.17) is 11.2 Å². The summed E-state index contributed by atoms with van der Waals surface area (Å²) in [6.07, 6.45) is 7.86. The summed E-state index contributed by atoms with van der Waals surface area (Å²) in [5.41, 5.74) is 2.24. The molecule has 26 heavy (non-hydrogen) atoms. The van der Waals surface area contributed by atoms with E-state index in [1.807, 2.05) is 43.3 Å². The van der Waals surface area contributed by atoms with E-state index in [9.17, 15) is 4.79 Å². The third kappa shape index (κ3) is 4.62. The highest BCUT2D eigenvalue weighted by Crippen LogP contribution is 2.24. The molecule has 0 unspecified atom stereocenters. The quantitative estimate of drug-likeness (QED) is 0.472. The van der Waals surface area contributed by atoms with Crippen molar-refractivity contribution in [1.82, 2.24) is 4.98 Å². The van der Waals surface area contributed by atoms with Crippen molar-refractivity contribution in [2.45, 2.75) is 26.2 Å². The Bertz CT molecular complexity index is 956. The van der Waals surface area contributed by atoms with Crippen LogP contribution in [0, 0.1) is 19.3 Å². The van der Waals surface area contributed by atoms with Gasteiger partial charge in [-0.1, -0.05) is 6.07 Å². The number of terminal acetylenes is 1. The van der Waals surface area contributed by atoms with E-state index in [1.54, 1.807) is 17.4 Å². The molecule has 0 spiro atoms. The molecule has 3 rings (SSSR count). The van der Waals surface area contributed by atoms with E-state index in [1.165, 1.54) is 0 Å². The van der Waals surface area contributed by atoms with Gasteiger partial charge in [0.05, 0.1) is 21.8 Å². The molecule has 1 amide bonds. The highest BCUT2D eigenvalue weighted by atomic mass is 32.1. The van der Waals surface area contributed by atoms with Crippen molar-refractivity contribution in [2.75, 3.05) is 11.9 Å². The van der Waals surface area contributed by atoms with Gasteiger partial charge in [-0.15, -0.1) is 23.7 Å². The van der Waals surface area contributed by atoms with Crippen LogP contribution < -0.4 is 10.1 Å². The Hall–Kier alpha value is -2.84. The van der Waals surface area contributed by atoms with Crippen LogP contribution in [-0.4, -0.2) is 17.5 Å². The minimum absolute atomic E-state index is 0.149. The topological polar surface area (TPSA) is 51.2 Å². The summed E-state index contributed by atoms with van der Waals surface area (Å²) in [5, 5.41) is 3.91. The molecule has 0 bridgehead atoms. The fourth-order valence-corrected chi connectivity index (χ4v) is 3.43. The minimum atomic E-state index is -0.149. The molecule has 0 aliphatic heterocycles. The smallest absolute Gasteiger partial charge is 0.255 e. The lowest BCUT2D eigenvalue weighted by Crippen LogP contribution is -2.11. The summed E-state index contributed by atoms with van der Waals surface area (Å²) in [5.74, 6) is 3.20. The van der Waals surface area contributed by atoms with E-state index in [0.717, 1.165) is 40.2 Å². The number of hydrogen-bond donors (Lipinski definition) is 1. The molecule has 0 fully saturated rings. The Morgan fingerprint density at radius 2 is 2.15 bits per heavy atom. The second-order valence-electron chi connectivity index (χ2n) is 5.91. The van der Waals surface area contributed by atoms with Crippen molar-refractivity contribution in [3.8, 4) is 18.1 Å². The predicted molar refractivity (Wildman–Crippen MR) is 107 cm³/mol. The lowest BCUT2D eigenvalue weighted by molar-refractivity contribution is 0.102. The lowest BCUT2D eigenvalue weighted by Gasteiger charge is -2.09. The first-order valence-corrected chi connectivity index (χ1v) is 9.32. The average molecular weight is 364 g/mol. The van der Waals surface area contributed by atoms with Gasteiger partial charge in [-0.25, -0.2) is 4.98 Å². The molecule has 1 heterocycles. The van der Waals surface area contributed by atoms with Crippen LogP contribution in [0.1, 0.15) is 34.6 Å². The monoisotopic (exact) mass is 364 g/mol. The molecule has 0 radical (unpaired) electrons. The summed E-state index contributed by atoms with van der Waals surface area (Å²) in [6, 6.07) is 13.0. The molecule has 0 aliphatic carbocycles. The van der Waals surface area contributed by atoms with Gasteiger partial charge in [-0.2, -0.15) is 0 Å². The van der Waals surface area contributed by atoms with Crippen LogP contribution >= 0.6 is 11.3 Å². The average Bonchev–Trinajstić information content (AvgIpc) is 3.01. The molecule has 4 nitrogen and oxygen atoms in total. The van der Waals surface area contributed by atoms with Crippen molar-refractivity contribution in [3.05, 3.63) is 53.0 Å². The number of carbonyl (C=O) groups excluding carboxylic acids is 1. The fourth-order valence-electron chi connectivity index (χ4n) is 2.57. The summed E-state index contributed by atoms with van der Waals surface area (Å²) in [7, 11) is 0. The van der Waals surface area contributed by atoms with Gasteiger partial charge in [0.25, 0.3) is 5.91 Å². The first-order valence-electron chi connectivity index (χ1n) is 8.50. The number of hydrogen-bond acceptors (Lipinski definition) is 4. The number of nitrogens with zero attached hydrogens (tertiary/aromatic N) is 1. The molecule has 5 heteroatoms. The van der Waals surface area contributed by atoms with Crippen LogP contribution in [0.3, 0.4) is 0 Å². The number of aromatic nitrogens is 1. The van der Waals surface area contributed by atoms with Gasteiger partial charge >= 0.3 is 0 Å². The van der Waals surface area contributed by atoms with Crippen molar-refractivity contribution in [2.24, 2.45) is 0 Å². The second-order valence-corrected chi connectivity index (χ2v) is 7.14. The van der Waals surface area contributed by atoms with Crippen molar-refractivity contribution >= 4 is 33.1 Å². The van der Waals surface area contributed by atoms with Crippen LogP contribution in [0.25, 0.3) is 10.2 Å². The van der Waals surface area contributed by atoms with Crippen LogP contribution in [0.5, 0.6) is 5.75 Å². The summed E-state index contributed by atoms with van der Waals surface area (Å²) in [6.45, 7) is 2.57. The van der Waals surface area contributed by atoms with E-state index >= 15 is 0 Å². The number of nitrogens with one attached hydrogen (secondary N) is 1. The zero-order valence-corrected chi connectivity index (χ0v) is 15.4. The Labute approximate surface area is 157 Å². The molecular weight excluding hydrogens is 344 g/mol.